The lowest BCUT2D eigenvalue weighted by Crippen LogP contribution is -2.18. The second kappa shape index (κ2) is 9.03. The number of rotatable bonds is 6. The summed E-state index contributed by atoms with van der Waals surface area (Å²) in [7, 11) is 1.56. The van der Waals surface area contributed by atoms with E-state index in [4.69, 9.17) is 9.40 Å². The van der Waals surface area contributed by atoms with Gasteiger partial charge in [-0.15, -0.1) is 0 Å². The number of hydrogen-bond acceptors (Lipinski definition) is 5. The predicted molar refractivity (Wildman–Crippen MR) is 129 cm³/mol. The molecular formula is C26H21N5O3. The molecule has 8 heteroatoms. The van der Waals surface area contributed by atoms with Gasteiger partial charge in [-0.1, -0.05) is 36.4 Å². The number of anilines is 1. The number of carbonyl (C=O) groups is 2. The van der Waals surface area contributed by atoms with Crippen molar-refractivity contribution in [3.8, 4) is 11.3 Å². The highest BCUT2D eigenvalue weighted by atomic mass is 16.3. The third-order valence-electron chi connectivity index (χ3n) is 5.42. The van der Waals surface area contributed by atoms with E-state index in [1.807, 2.05) is 42.5 Å². The Bertz CT molecular complexity index is 1470. The quantitative estimate of drug-likeness (QED) is 0.400. The molecule has 0 spiro atoms. The largest absolute Gasteiger partial charge is 0.467 e. The smallest absolute Gasteiger partial charge is 0.256 e. The predicted octanol–water partition coefficient (Wildman–Crippen LogP) is 4.35. The fourth-order valence-corrected chi connectivity index (χ4v) is 3.74. The minimum Gasteiger partial charge on any atom is -0.467 e. The first-order valence-corrected chi connectivity index (χ1v) is 10.7. The third kappa shape index (κ3) is 4.16. The second-order valence-corrected chi connectivity index (χ2v) is 7.65. The van der Waals surface area contributed by atoms with Crippen LogP contribution in [0.4, 0.5) is 5.69 Å². The summed E-state index contributed by atoms with van der Waals surface area (Å²) >= 11 is 0. The van der Waals surface area contributed by atoms with E-state index < -0.39 is 0 Å². The summed E-state index contributed by atoms with van der Waals surface area (Å²) in [6.45, 7) is 0.386. The Balaban J connectivity index is 1.57. The molecule has 0 bridgehead atoms. The maximum Gasteiger partial charge on any atom is 0.256 e. The summed E-state index contributed by atoms with van der Waals surface area (Å²) in [5.41, 5.74) is 3.50. The van der Waals surface area contributed by atoms with E-state index in [1.54, 1.807) is 54.5 Å². The maximum absolute atomic E-state index is 13.4. The van der Waals surface area contributed by atoms with Gasteiger partial charge in [0.05, 0.1) is 29.1 Å². The van der Waals surface area contributed by atoms with E-state index in [2.05, 4.69) is 15.7 Å². The Morgan fingerprint density at radius 1 is 0.971 bits per heavy atom. The lowest BCUT2D eigenvalue weighted by atomic mass is 10.1. The van der Waals surface area contributed by atoms with E-state index in [0.29, 0.717) is 40.1 Å². The zero-order chi connectivity index (χ0) is 23.5. The monoisotopic (exact) mass is 451 g/mol. The van der Waals surface area contributed by atoms with Crippen LogP contribution in [0.15, 0.2) is 89.7 Å². The van der Waals surface area contributed by atoms with Gasteiger partial charge in [-0.25, -0.2) is 9.67 Å². The van der Waals surface area contributed by atoms with Gasteiger partial charge in [0.1, 0.15) is 12.3 Å². The van der Waals surface area contributed by atoms with Crippen molar-refractivity contribution >= 4 is 28.5 Å². The molecule has 8 nitrogen and oxygen atoms in total. The first kappa shape index (κ1) is 21.1. The summed E-state index contributed by atoms with van der Waals surface area (Å²) in [5, 5.41) is 10.6. The molecule has 34 heavy (non-hydrogen) atoms. The van der Waals surface area contributed by atoms with Gasteiger partial charge in [0, 0.05) is 23.9 Å². The topological polar surface area (TPSA) is 102 Å². The fraction of sp³-hybridized carbons (Fsp3) is 0.0769. The molecule has 2 amide bonds. The lowest BCUT2D eigenvalue weighted by Gasteiger charge is -2.10. The number of nitrogens with zero attached hydrogens (tertiary/aromatic N) is 3. The third-order valence-corrected chi connectivity index (χ3v) is 5.42. The normalized spacial score (nSPS) is 10.9. The highest BCUT2D eigenvalue weighted by Crippen LogP contribution is 2.26. The number of amides is 2. The SMILES string of the molecule is CNC(=O)c1cccc(NC(=O)c2cc(-c3ccccc3)nc3c2cnn3Cc2ccco2)c1. The summed E-state index contributed by atoms with van der Waals surface area (Å²) in [5.74, 6) is 0.179. The Kier molecular flexibility index (Phi) is 5.61. The van der Waals surface area contributed by atoms with Crippen LogP contribution in [0.1, 0.15) is 26.5 Å². The molecule has 0 atom stereocenters. The summed E-state index contributed by atoms with van der Waals surface area (Å²) < 4.78 is 7.18. The van der Waals surface area contributed by atoms with Gasteiger partial charge < -0.3 is 15.1 Å². The van der Waals surface area contributed by atoms with Crippen LogP contribution in [0.2, 0.25) is 0 Å². The van der Waals surface area contributed by atoms with Crippen LogP contribution in [0.25, 0.3) is 22.3 Å². The van der Waals surface area contributed by atoms with E-state index in [-0.39, 0.29) is 11.8 Å². The molecule has 0 unspecified atom stereocenters. The molecule has 0 saturated heterocycles. The van der Waals surface area contributed by atoms with Crippen LogP contribution in [0.3, 0.4) is 0 Å². The highest BCUT2D eigenvalue weighted by molar-refractivity contribution is 6.13. The molecule has 168 valence electrons. The van der Waals surface area contributed by atoms with Gasteiger partial charge in [0.25, 0.3) is 11.8 Å². The summed E-state index contributed by atoms with van der Waals surface area (Å²) in [6.07, 6.45) is 3.24. The molecule has 3 aromatic heterocycles. The van der Waals surface area contributed by atoms with E-state index in [9.17, 15) is 9.59 Å². The average Bonchev–Trinajstić information content (AvgIpc) is 3.54. The molecule has 2 aromatic carbocycles. The van der Waals surface area contributed by atoms with Gasteiger partial charge in [0.2, 0.25) is 0 Å². The zero-order valence-electron chi connectivity index (χ0n) is 18.4. The molecule has 5 rings (SSSR count). The van der Waals surface area contributed by atoms with Crippen molar-refractivity contribution in [2.75, 3.05) is 12.4 Å². The number of fused-ring (bicyclic) bond motifs is 1. The number of aromatic nitrogens is 3. The molecule has 0 aliphatic heterocycles. The van der Waals surface area contributed by atoms with Crippen molar-refractivity contribution in [1.82, 2.24) is 20.1 Å². The molecule has 5 aromatic rings. The van der Waals surface area contributed by atoms with Crippen molar-refractivity contribution in [3.63, 3.8) is 0 Å². The number of carbonyl (C=O) groups excluding carboxylic acids is 2. The molecule has 0 fully saturated rings. The number of benzene rings is 2. The van der Waals surface area contributed by atoms with E-state index in [1.165, 1.54) is 0 Å². The number of nitrogens with one attached hydrogen (secondary N) is 2. The molecule has 3 heterocycles. The van der Waals surface area contributed by atoms with Crippen molar-refractivity contribution in [2.45, 2.75) is 6.54 Å². The molecule has 0 saturated carbocycles. The van der Waals surface area contributed by atoms with Gasteiger partial charge >= 0.3 is 0 Å². The van der Waals surface area contributed by atoms with Crippen LogP contribution in [0.5, 0.6) is 0 Å². The highest BCUT2D eigenvalue weighted by Gasteiger charge is 2.19. The van der Waals surface area contributed by atoms with Gasteiger partial charge in [-0.3, -0.25) is 9.59 Å². The second-order valence-electron chi connectivity index (χ2n) is 7.65. The first-order chi connectivity index (χ1) is 16.6. The number of hydrogen-bond donors (Lipinski definition) is 2. The average molecular weight is 451 g/mol. The lowest BCUT2D eigenvalue weighted by molar-refractivity contribution is 0.0961. The minimum atomic E-state index is -0.323. The van der Waals surface area contributed by atoms with Crippen LogP contribution in [0, 0.1) is 0 Å². The molecule has 0 aliphatic rings. The van der Waals surface area contributed by atoms with Crippen LogP contribution in [-0.4, -0.2) is 33.6 Å². The standard InChI is InChI=1S/C26H21N5O3/c1-27-25(32)18-9-5-10-19(13-18)29-26(33)21-14-23(17-7-3-2-4-8-17)30-24-22(21)15-28-31(24)16-20-11-6-12-34-20/h2-15H,16H2,1H3,(H,27,32)(H,29,33). The van der Waals surface area contributed by atoms with Crippen LogP contribution in [-0.2, 0) is 6.54 Å². The van der Waals surface area contributed by atoms with Crippen molar-refractivity contribution in [2.24, 2.45) is 0 Å². The molecular weight excluding hydrogens is 430 g/mol. The number of pyridine rings is 1. The Morgan fingerprint density at radius 2 is 1.82 bits per heavy atom. The van der Waals surface area contributed by atoms with Gasteiger partial charge in [0.15, 0.2) is 5.65 Å². The molecule has 2 N–H and O–H groups in total. The summed E-state index contributed by atoms with van der Waals surface area (Å²) in [4.78, 5) is 30.2. The maximum atomic E-state index is 13.4. The van der Waals surface area contributed by atoms with Crippen LogP contribution < -0.4 is 10.6 Å². The van der Waals surface area contributed by atoms with Crippen molar-refractivity contribution in [3.05, 3.63) is 102 Å². The fourth-order valence-electron chi connectivity index (χ4n) is 3.74. The molecule has 0 radical (unpaired) electrons. The summed E-state index contributed by atoms with van der Waals surface area (Å²) in [6, 6.07) is 21.9. The van der Waals surface area contributed by atoms with E-state index >= 15 is 0 Å². The van der Waals surface area contributed by atoms with Gasteiger partial charge in [-0.05, 0) is 36.4 Å². The van der Waals surface area contributed by atoms with Crippen LogP contribution >= 0.6 is 0 Å². The van der Waals surface area contributed by atoms with Gasteiger partial charge in [-0.2, -0.15) is 5.10 Å². The first-order valence-electron chi connectivity index (χ1n) is 10.7. The number of furan rings is 1. The Hall–Kier alpha value is -4.72. The Labute approximate surface area is 195 Å². The zero-order valence-corrected chi connectivity index (χ0v) is 18.4. The van der Waals surface area contributed by atoms with Crippen molar-refractivity contribution < 1.29 is 14.0 Å². The van der Waals surface area contributed by atoms with Crippen molar-refractivity contribution in [1.29, 1.82) is 0 Å². The minimum absolute atomic E-state index is 0.229. The molecule has 0 aliphatic carbocycles. The van der Waals surface area contributed by atoms with E-state index in [0.717, 1.165) is 11.3 Å². The Morgan fingerprint density at radius 3 is 2.59 bits per heavy atom.